The van der Waals surface area contributed by atoms with Gasteiger partial charge < -0.3 is 4.74 Å². The number of aryl methyl sites for hydroxylation is 1. The average molecular weight is 274 g/mol. The predicted octanol–water partition coefficient (Wildman–Crippen LogP) is 0.680. The lowest BCUT2D eigenvalue weighted by Gasteiger charge is -2.06. The standard InChI is InChI=1S/C14H14N2O4/c1-9-7-16(14(19)15-12(9)17)8-10-3-5-11(6-4-10)13(18)20-2/h3-7H,8H2,1-2H3,(H,15,17,19). The van der Waals surface area contributed by atoms with Gasteiger partial charge in [-0.3, -0.25) is 14.3 Å². The number of carbonyl (C=O) groups excluding carboxylic acids is 1. The zero-order chi connectivity index (χ0) is 14.7. The number of hydrogen-bond donors (Lipinski definition) is 1. The maximum absolute atomic E-state index is 11.7. The topological polar surface area (TPSA) is 81.2 Å². The first-order chi connectivity index (χ1) is 9.51. The number of aromatic nitrogens is 2. The van der Waals surface area contributed by atoms with Gasteiger partial charge in [-0.15, -0.1) is 0 Å². The Morgan fingerprint density at radius 1 is 1.25 bits per heavy atom. The van der Waals surface area contributed by atoms with Crippen LogP contribution in [-0.4, -0.2) is 22.6 Å². The van der Waals surface area contributed by atoms with Gasteiger partial charge in [0, 0.05) is 11.8 Å². The highest BCUT2D eigenvalue weighted by atomic mass is 16.5. The van der Waals surface area contributed by atoms with Crippen molar-refractivity contribution in [3.8, 4) is 0 Å². The molecule has 0 aliphatic rings. The fourth-order valence-electron chi connectivity index (χ4n) is 1.80. The summed E-state index contributed by atoms with van der Waals surface area (Å²) >= 11 is 0. The lowest BCUT2D eigenvalue weighted by molar-refractivity contribution is 0.0600. The van der Waals surface area contributed by atoms with Crippen molar-refractivity contribution >= 4 is 5.97 Å². The molecule has 1 aromatic heterocycles. The van der Waals surface area contributed by atoms with Crippen LogP contribution in [0.3, 0.4) is 0 Å². The number of carbonyl (C=O) groups is 1. The summed E-state index contributed by atoms with van der Waals surface area (Å²) in [6, 6.07) is 6.73. The first-order valence-electron chi connectivity index (χ1n) is 5.99. The monoisotopic (exact) mass is 274 g/mol. The SMILES string of the molecule is COC(=O)c1ccc(Cn2cc(C)c(=O)[nH]c2=O)cc1. The summed E-state index contributed by atoms with van der Waals surface area (Å²) in [7, 11) is 1.32. The van der Waals surface area contributed by atoms with Crippen molar-refractivity contribution in [2.45, 2.75) is 13.5 Å². The molecule has 0 fully saturated rings. The molecule has 0 saturated heterocycles. The molecule has 0 aliphatic heterocycles. The van der Waals surface area contributed by atoms with E-state index in [9.17, 15) is 14.4 Å². The van der Waals surface area contributed by atoms with Gasteiger partial charge in [0.25, 0.3) is 5.56 Å². The Balaban J connectivity index is 2.27. The second kappa shape index (κ2) is 5.56. The third-order valence-corrected chi connectivity index (χ3v) is 2.92. The first-order valence-corrected chi connectivity index (χ1v) is 5.99. The second-order valence-electron chi connectivity index (χ2n) is 4.39. The lowest BCUT2D eigenvalue weighted by Crippen LogP contribution is -2.31. The summed E-state index contributed by atoms with van der Waals surface area (Å²) in [6.45, 7) is 1.95. The van der Waals surface area contributed by atoms with Crippen LogP contribution in [0.1, 0.15) is 21.5 Å². The highest BCUT2D eigenvalue weighted by molar-refractivity contribution is 5.89. The number of esters is 1. The number of H-pyrrole nitrogens is 1. The number of aromatic amines is 1. The highest BCUT2D eigenvalue weighted by Gasteiger charge is 2.06. The number of benzene rings is 1. The second-order valence-corrected chi connectivity index (χ2v) is 4.39. The van der Waals surface area contributed by atoms with E-state index < -0.39 is 11.7 Å². The lowest BCUT2D eigenvalue weighted by atomic mass is 10.1. The van der Waals surface area contributed by atoms with Gasteiger partial charge in [-0.2, -0.15) is 0 Å². The molecule has 0 aliphatic carbocycles. The summed E-state index contributed by atoms with van der Waals surface area (Å²) in [6.07, 6.45) is 1.51. The van der Waals surface area contributed by atoms with Crippen LogP contribution in [0.25, 0.3) is 0 Å². The van der Waals surface area contributed by atoms with Gasteiger partial charge in [0.05, 0.1) is 19.2 Å². The van der Waals surface area contributed by atoms with E-state index >= 15 is 0 Å². The Morgan fingerprint density at radius 3 is 2.50 bits per heavy atom. The Hall–Kier alpha value is -2.63. The van der Waals surface area contributed by atoms with E-state index in [1.165, 1.54) is 17.9 Å². The van der Waals surface area contributed by atoms with Crippen molar-refractivity contribution < 1.29 is 9.53 Å². The van der Waals surface area contributed by atoms with Gasteiger partial charge in [-0.1, -0.05) is 12.1 Å². The van der Waals surface area contributed by atoms with Gasteiger partial charge in [-0.25, -0.2) is 9.59 Å². The Labute approximate surface area is 114 Å². The van der Waals surface area contributed by atoms with E-state index in [-0.39, 0.29) is 5.56 Å². The molecule has 6 nitrogen and oxygen atoms in total. The van der Waals surface area contributed by atoms with Crippen LogP contribution < -0.4 is 11.2 Å². The molecule has 1 N–H and O–H groups in total. The minimum Gasteiger partial charge on any atom is -0.465 e. The van der Waals surface area contributed by atoms with Gasteiger partial charge >= 0.3 is 11.7 Å². The summed E-state index contributed by atoms with van der Waals surface area (Å²) in [5, 5.41) is 0. The number of nitrogens with one attached hydrogen (secondary N) is 1. The highest BCUT2D eigenvalue weighted by Crippen LogP contribution is 2.06. The van der Waals surface area contributed by atoms with E-state index in [0.717, 1.165) is 5.56 Å². The van der Waals surface area contributed by atoms with E-state index in [0.29, 0.717) is 17.7 Å². The number of methoxy groups -OCH3 is 1. The van der Waals surface area contributed by atoms with E-state index in [1.54, 1.807) is 31.2 Å². The quantitative estimate of drug-likeness (QED) is 0.834. The molecular formula is C14H14N2O4. The minimum atomic E-state index is -0.461. The third-order valence-electron chi connectivity index (χ3n) is 2.92. The molecule has 1 aromatic carbocycles. The number of rotatable bonds is 3. The molecule has 0 bridgehead atoms. The van der Waals surface area contributed by atoms with Crippen LogP contribution in [0.4, 0.5) is 0 Å². The van der Waals surface area contributed by atoms with Crippen molar-refractivity contribution in [2.24, 2.45) is 0 Å². The molecule has 6 heteroatoms. The van der Waals surface area contributed by atoms with E-state index in [4.69, 9.17) is 0 Å². The molecule has 0 unspecified atom stereocenters. The summed E-state index contributed by atoms with van der Waals surface area (Å²) < 4.78 is 6.02. The van der Waals surface area contributed by atoms with E-state index in [1.807, 2.05) is 0 Å². The van der Waals surface area contributed by atoms with Crippen LogP contribution in [0.2, 0.25) is 0 Å². The zero-order valence-electron chi connectivity index (χ0n) is 11.2. The van der Waals surface area contributed by atoms with Gasteiger partial charge in [0.15, 0.2) is 0 Å². The molecule has 0 atom stereocenters. The molecule has 1 heterocycles. The molecule has 2 aromatic rings. The van der Waals surface area contributed by atoms with Crippen LogP contribution in [0.15, 0.2) is 40.1 Å². The largest absolute Gasteiger partial charge is 0.465 e. The van der Waals surface area contributed by atoms with E-state index in [2.05, 4.69) is 9.72 Å². The van der Waals surface area contributed by atoms with Gasteiger partial charge in [-0.05, 0) is 24.6 Å². The van der Waals surface area contributed by atoms with Crippen molar-refractivity contribution in [3.05, 3.63) is 68.0 Å². The first kappa shape index (κ1) is 13.8. The predicted molar refractivity (Wildman–Crippen MR) is 72.9 cm³/mol. The van der Waals surface area contributed by atoms with Gasteiger partial charge in [0.1, 0.15) is 0 Å². The average Bonchev–Trinajstić information content (AvgIpc) is 2.44. The van der Waals surface area contributed by atoms with Crippen LogP contribution in [-0.2, 0) is 11.3 Å². The summed E-state index contributed by atoms with van der Waals surface area (Å²) in [4.78, 5) is 36.5. The number of ether oxygens (including phenoxy) is 1. The normalized spacial score (nSPS) is 10.3. The van der Waals surface area contributed by atoms with Gasteiger partial charge in [0.2, 0.25) is 0 Å². The maximum atomic E-state index is 11.7. The maximum Gasteiger partial charge on any atom is 0.337 e. The molecular weight excluding hydrogens is 260 g/mol. The van der Waals surface area contributed by atoms with Crippen LogP contribution in [0.5, 0.6) is 0 Å². The number of nitrogens with zero attached hydrogens (tertiary/aromatic N) is 1. The summed E-state index contributed by atoms with van der Waals surface area (Å²) in [5.41, 5.74) is 0.910. The van der Waals surface area contributed by atoms with Crippen LogP contribution >= 0.6 is 0 Å². The molecule has 0 spiro atoms. The smallest absolute Gasteiger partial charge is 0.337 e. The molecule has 0 saturated carbocycles. The molecule has 104 valence electrons. The van der Waals surface area contributed by atoms with Crippen molar-refractivity contribution in [2.75, 3.05) is 7.11 Å². The summed E-state index contributed by atoms with van der Waals surface area (Å²) in [5.74, 6) is -0.409. The fraction of sp³-hybridized carbons (Fsp3) is 0.214. The Morgan fingerprint density at radius 2 is 1.90 bits per heavy atom. The molecule has 2 rings (SSSR count). The minimum absolute atomic E-state index is 0.317. The molecule has 0 amide bonds. The zero-order valence-corrected chi connectivity index (χ0v) is 11.2. The van der Waals surface area contributed by atoms with Crippen molar-refractivity contribution in [3.63, 3.8) is 0 Å². The fourth-order valence-corrected chi connectivity index (χ4v) is 1.80. The van der Waals surface area contributed by atoms with Crippen molar-refractivity contribution in [1.29, 1.82) is 0 Å². The number of hydrogen-bond acceptors (Lipinski definition) is 4. The Bertz CT molecular complexity index is 741. The Kier molecular flexibility index (Phi) is 3.84. The molecule has 0 radical (unpaired) electrons. The molecule has 20 heavy (non-hydrogen) atoms. The van der Waals surface area contributed by atoms with Crippen LogP contribution in [0, 0.1) is 6.92 Å². The van der Waals surface area contributed by atoms with Crippen molar-refractivity contribution in [1.82, 2.24) is 9.55 Å². The third kappa shape index (κ3) is 2.85.